The number of carbonyl (C=O) groups is 4. The number of ether oxygens (including phenoxy) is 1. The summed E-state index contributed by atoms with van der Waals surface area (Å²) < 4.78 is 5.40. The van der Waals surface area contributed by atoms with Gasteiger partial charge in [-0.2, -0.15) is 0 Å². The highest BCUT2D eigenvalue weighted by atomic mass is 35.5. The van der Waals surface area contributed by atoms with E-state index in [4.69, 9.17) is 33.7 Å². The van der Waals surface area contributed by atoms with Crippen molar-refractivity contribution in [2.24, 2.45) is 17.1 Å². The average molecular weight is 659 g/mol. The SMILES string of the molecule is CC[C@H](C)[C@H](NC(=O)OCc1ccccc1)C(=O)N[C@]1(C(=O)N[C@H](C(N)=O)C(C)(C)C)CCc2[nH]c3c(Cl)cc(Cl)cc3c2C1. The molecule has 0 spiro atoms. The van der Waals surface area contributed by atoms with Gasteiger partial charge in [0.25, 0.3) is 0 Å². The Hall–Kier alpha value is -3.76. The number of rotatable bonds is 10. The second-order valence-electron chi connectivity index (χ2n) is 12.9. The van der Waals surface area contributed by atoms with Crippen molar-refractivity contribution in [3.63, 3.8) is 0 Å². The molecule has 0 unspecified atom stereocenters. The quantitative estimate of drug-likeness (QED) is 0.203. The maximum absolute atomic E-state index is 14.3. The standard InChI is InChI=1S/C33H41Cl2N5O5/c1-6-18(2)25(38-31(44)45-17-19-10-8-7-9-11-19)29(42)40-33(30(43)39-27(28(36)41)32(3,4)5)13-12-24-22(16-33)21-14-20(34)15-23(35)26(21)37-24/h7-11,14-15,18,25,27,37H,6,12-13,16-17H2,1-5H3,(H2,36,41)(H,38,44)(H,39,43)(H,40,42)/t18-,25-,27+,33+/m0/s1. The minimum atomic E-state index is -1.49. The lowest BCUT2D eigenvalue weighted by Crippen LogP contribution is -2.67. The van der Waals surface area contributed by atoms with Crippen molar-refractivity contribution >= 4 is 57.9 Å². The lowest BCUT2D eigenvalue weighted by molar-refractivity contribution is -0.138. The van der Waals surface area contributed by atoms with E-state index in [0.29, 0.717) is 28.4 Å². The van der Waals surface area contributed by atoms with Crippen LogP contribution in [0.1, 0.15) is 64.3 Å². The number of benzene rings is 2. The molecule has 6 N–H and O–H groups in total. The molecule has 0 bridgehead atoms. The molecule has 12 heteroatoms. The molecule has 1 heterocycles. The molecule has 0 saturated carbocycles. The van der Waals surface area contributed by atoms with Crippen LogP contribution in [0.15, 0.2) is 42.5 Å². The summed E-state index contributed by atoms with van der Waals surface area (Å²) in [6, 6.07) is 10.6. The molecule has 4 rings (SSSR count). The van der Waals surface area contributed by atoms with Crippen molar-refractivity contribution in [1.29, 1.82) is 0 Å². The maximum atomic E-state index is 14.3. The third-order valence-electron chi connectivity index (χ3n) is 8.51. The predicted octanol–water partition coefficient (Wildman–Crippen LogP) is 5.18. The van der Waals surface area contributed by atoms with Crippen LogP contribution in [0.4, 0.5) is 4.79 Å². The van der Waals surface area contributed by atoms with Crippen molar-refractivity contribution in [1.82, 2.24) is 20.9 Å². The first-order valence-electron chi connectivity index (χ1n) is 15.0. The fraction of sp³-hybridized carbons (Fsp3) is 0.455. The molecule has 10 nitrogen and oxygen atoms in total. The van der Waals surface area contributed by atoms with Crippen LogP contribution in [0.2, 0.25) is 10.0 Å². The highest BCUT2D eigenvalue weighted by Gasteiger charge is 2.47. The Balaban J connectivity index is 1.67. The average Bonchev–Trinajstić information content (AvgIpc) is 3.34. The van der Waals surface area contributed by atoms with Gasteiger partial charge in [-0.25, -0.2) is 4.79 Å². The number of hydrogen-bond donors (Lipinski definition) is 5. The van der Waals surface area contributed by atoms with Crippen LogP contribution in [-0.4, -0.2) is 46.4 Å². The van der Waals surface area contributed by atoms with Crippen LogP contribution in [0.5, 0.6) is 0 Å². The summed E-state index contributed by atoms with van der Waals surface area (Å²) in [6.45, 7) is 9.14. The Morgan fingerprint density at radius 1 is 1.09 bits per heavy atom. The van der Waals surface area contributed by atoms with E-state index < -0.39 is 46.9 Å². The Bertz CT molecular complexity index is 1590. The molecule has 45 heavy (non-hydrogen) atoms. The summed E-state index contributed by atoms with van der Waals surface area (Å²) in [5.41, 5.74) is 6.64. The highest BCUT2D eigenvalue weighted by molar-refractivity contribution is 6.38. The number of carbonyl (C=O) groups excluding carboxylic acids is 4. The van der Waals surface area contributed by atoms with E-state index in [0.717, 1.165) is 22.2 Å². The van der Waals surface area contributed by atoms with Gasteiger partial charge in [-0.1, -0.05) is 94.6 Å². The van der Waals surface area contributed by atoms with E-state index in [2.05, 4.69) is 20.9 Å². The van der Waals surface area contributed by atoms with Crippen LogP contribution < -0.4 is 21.7 Å². The van der Waals surface area contributed by atoms with Crippen LogP contribution in [0.25, 0.3) is 10.9 Å². The largest absolute Gasteiger partial charge is 0.445 e. The molecule has 2 aromatic carbocycles. The van der Waals surface area contributed by atoms with Gasteiger partial charge in [-0.05, 0) is 47.4 Å². The first kappa shape index (κ1) is 34.1. The zero-order chi connectivity index (χ0) is 33.1. The van der Waals surface area contributed by atoms with Gasteiger partial charge in [-0.3, -0.25) is 14.4 Å². The van der Waals surface area contributed by atoms with Crippen LogP contribution in [0.3, 0.4) is 0 Å². The van der Waals surface area contributed by atoms with Gasteiger partial charge in [0.1, 0.15) is 24.2 Å². The lowest BCUT2D eigenvalue weighted by Gasteiger charge is -2.40. The van der Waals surface area contributed by atoms with E-state index in [1.807, 2.05) is 44.2 Å². The second-order valence-corrected chi connectivity index (χ2v) is 13.7. The molecule has 242 valence electrons. The van der Waals surface area contributed by atoms with Gasteiger partial charge in [0.15, 0.2) is 0 Å². The molecule has 0 saturated heterocycles. The van der Waals surface area contributed by atoms with E-state index in [1.165, 1.54) is 0 Å². The fourth-order valence-corrected chi connectivity index (χ4v) is 6.26. The van der Waals surface area contributed by atoms with Gasteiger partial charge in [0.2, 0.25) is 17.7 Å². The number of aryl methyl sites for hydroxylation is 1. The summed E-state index contributed by atoms with van der Waals surface area (Å²) in [6.07, 6.45) is 0.483. The molecule has 0 aliphatic heterocycles. The smallest absolute Gasteiger partial charge is 0.408 e. The number of aromatic amines is 1. The van der Waals surface area contributed by atoms with Crippen LogP contribution >= 0.6 is 23.2 Å². The number of fused-ring (bicyclic) bond motifs is 3. The summed E-state index contributed by atoms with van der Waals surface area (Å²) in [5, 5.41) is 10.1. The molecule has 1 aromatic heterocycles. The number of nitrogens with one attached hydrogen (secondary N) is 4. The molecule has 0 fully saturated rings. The number of primary amides is 1. The number of H-pyrrole nitrogens is 1. The minimum absolute atomic E-state index is 0.0314. The number of aromatic nitrogens is 1. The van der Waals surface area contributed by atoms with E-state index >= 15 is 0 Å². The number of halogens is 2. The van der Waals surface area contributed by atoms with E-state index in [-0.39, 0.29) is 25.4 Å². The van der Waals surface area contributed by atoms with Crippen molar-refractivity contribution < 1.29 is 23.9 Å². The minimum Gasteiger partial charge on any atom is -0.445 e. The first-order chi connectivity index (χ1) is 21.1. The third kappa shape index (κ3) is 7.73. The van der Waals surface area contributed by atoms with Gasteiger partial charge < -0.3 is 31.4 Å². The van der Waals surface area contributed by atoms with Gasteiger partial charge in [0.05, 0.1) is 10.5 Å². The number of alkyl carbamates (subject to hydrolysis) is 1. The van der Waals surface area contributed by atoms with Crippen molar-refractivity contribution in [2.75, 3.05) is 0 Å². The molecule has 4 atom stereocenters. The van der Waals surface area contributed by atoms with Gasteiger partial charge >= 0.3 is 6.09 Å². The number of amides is 4. The summed E-state index contributed by atoms with van der Waals surface area (Å²) in [4.78, 5) is 57.0. The summed E-state index contributed by atoms with van der Waals surface area (Å²) >= 11 is 12.8. The molecule has 3 aromatic rings. The monoisotopic (exact) mass is 657 g/mol. The Kier molecular flexibility index (Phi) is 10.4. The number of hydrogen-bond acceptors (Lipinski definition) is 5. The van der Waals surface area contributed by atoms with Crippen LogP contribution in [-0.2, 0) is 38.6 Å². The summed E-state index contributed by atoms with van der Waals surface area (Å²) in [7, 11) is 0. The molecule has 4 amide bonds. The predicted molar refractivity (Wildman–Crippen MR) is 175 cm³/mol. The Labute approximate surface area is 273 Å². The zero-order valence-electron chi connectivity index (χ0n) is 26.2. The van der Waals surface area contributed by atoms with E-state index in [1.54, 1.807) is 32.9 Å². The molecular formula is C33H41Cl2N5O5. The van der Waals surface area contributed by atoms with Crippen molar-refractivity contribution in [2.45, 2.75) is 84.5 Å². The number of nitrogens with two attached hydrogens (primary N) is 1. The van der Waals surface area contributed by atoms with E-state index in [9.17, 15) is 19.2 Å². The maximum Gasteiger partial charge on any atom is 0.408 e. The molecular weight excluding hydrogens is 617 g/mol. The second kappa shape index (κ2) is 13.7. The van der Waals surface area contributed by atoms with Gasteiger partial charge in [-0.15, -0.1) is 0 Å². The van der Waals surface area contributed by atoms with Crippen LogP contribution in [0, 0.1) is 11.3 Å². The topological polar surface area (TPSA) is 155 Å². The third-order valence-corrected chi connectivity index (χ3v) is 9.02. The molecule has 0 radical (unpaired) electrons. The highest BCUT2D eigenvalue weighted by Crippen LogP contribution is 2.38. The molecule has 1 aliphatic carbocycles. The first-order valence-corrected chi connectivity index (χ1v) is 15.8. The zero-order valence-corrected chi connectivity index (χ0v) is 27.7. The Morgan fingerprint density at radius 2 is 1.78 bits per heavy atom. The summed E-state index contributed by atoms with van der Waals surface area (Å²) in [5.74, 6) is -2.11. The normalized spacial score (nSPS) is 18.3. The van der Waals surface area contributed by atoms with Crippen molar-refractivity contribution in [3.05, 3.63) is 69.3 Å². The Morgan fingerprint density at radius 3 is 2.40 bits per heavy atom. The van der Waals surface area contributed by atoms with Gasteiger partial charge in [0, 0.05) is 22.5 Å². The lowest BCUT2D eigenvalue weighted by atomic mass is 9.77. The van der Waals surface area contributed by atoms with Crippen molar-refractivity contribution in [3.8, 4) is 0 Å². The molecule has 1 aliphatic rings. The fourth-order valence-electron chi connectivity index (χ4n) is 5.72.